The Morgan fingerprint density at radius 2 is 2.06 bits per heavy atom. The van der Waals surface area contributed by atoms with Crippen LogP contribution in [0.5, 0.6) is 0 Å². The van der Waals surface area contributed by atoms with Gasteiger partial charge >= 0.3 is 0 Å². The molecule has 0 amide bonds. The lowest BCUT2D eigenvalue weighted by atomic mass is 10.2. The number of rotatable bonds is 2. The summed E-state index contributed by atoms with van der Waals surface area (Å²) < 4.78 is 5.14. The minimum atomic E-state index is 0.302. The molecule has 0 aliphatic carbocycles. The summed E-state index contributed by atoms with van der Waals surface area (Å²) in [6, 6.07) is 7.26. The molecule has 0 radical (unpaired) electrons. The molecule has 0 aliphatic heterocycles. The van der Waals surface area contributed by atoms with Crippen LogP contribution in [0.2, 0.25) is 5.02 Å². The van der Waals surface area contributed by atoms with E-state index in [1.54, 1.807) is 6.07 Å². The normalized spacial score (nSPS) is 10.7. The van der Waals surface area contributed by atoms with Crippen LogP contribution in [-0.2, 0) is 0 Å². The zero-order chi connectivity index (χ0) is 12.5. The summed E-state index contributed by atoms with van der Waals surface area (Å²) in [6.45, 7) is 0. The second-order valence-electron chi connectivity index (χ2n) is 3.60. The van der Waals surface area contributed by atoms with Crippen molar-refractivity contribution < 1.29 is 4.52 Å². The molecule has 90 valence electrons. The molecule has 0 saturated heterocycles. The van der Waals surface area contributed by atoms with Crippen LogP contribution in [0, 0.1) is 0 Å². The molecule has 6 nitrogen and oxygen atoms in total. The minimum Gasteiger partial charge on any atom is -0.383 e. The van der Waals surface area contributed by atoms with Gasteiger partial charge < -0.3 is 10.3 Å². The average molecular weight is 262 g/mol. The Bertz CT molecular complexity index is 690. The van der Waals surface area contributed by atoms with Gasteiger partial charge in [-0.25, -0.2) is 0 Å². The summed E-state index contributed by atoms with van der Waals surface area (Å²) in [7, 11) is 0. The molecule has 0 spiro atoms. The predicted molar refractivity (Wildman–Crippen MR) is 66.7 cm³/mol. The number of benzene rings is 1. The second kappa shape index (κ2) is 4.15. The molecule has 0 fully saturated rings. The van der Waals surface area contributed by atoms with Gasteiger partial charge in [0.25, 0.3) is 5.89 Å². The van der Waals surface area contributed by atoms with Gasteiger partial charge in [-0.2, -0.15) is 10.1 Å². The Morgan fingerprint density at radius 3 is 2.78 bits per heavy atom. The Kier molecular flexibility index (Phi) is 2.49. The first-order valence-electron chi connectivity index (χ1n) is 5.13. The number of nitrogen functional groups attached to an aromatic ring is 1. The molecule has 0 atom stereocenters. The van der Waals surface area contributed by atoms with Crippen molar-refractivity contribution in [3.05, 3.63) is 35.5 Å². The fraction of sp³-hybridized carbons (Fsp3) is 0. The summed E-state index contributed by atoms with van der Waals surface area (Å²) in [5, 5.41) is 10.8. The van der Waals surface area contributed by atoms with Crippen molar-refractivity contribution in [2.45, 2.75) is 0 Å². The first-order chi connectivity index (χ1) is 8.75. The second-order valence-corrected chi connectivity index (χ2v) is 4.01. The van der Waals surface area contributed by atoms with Crippen LogP contribution < -0.4 is 5.73 Å². The largest absolute Gasteiger partial charge is 0.383 e. The third-order valence-corrected chi connectivity index (χ3v) is 2.77. The van der Waals surface area contributed by atoms with Crippen LogP contribution in [0.25, 0.3) is 22.8 Å². The minimum absolute atomic E-state index is 0.302. The fourth-order valence-corrected chi connectivity index (χ4v) is 1.77. The summed E-state index contributed by atoms with van der Waals surface area (Å²) in [5.74, 6) is 1.09. The van der Waals surface area contributed by atoms with Gasteiger partial charge in [0.2, 0.25) is 5.82 Å². The maximum atomic E-state index is 6.06. The van der Waals surface area contributed by atoms with Crippen molar-refractivity contribution in [3.63, 3.8) is 0 Å². The van der Waals surface area contributed by atoms with Gasteiger partial charge in [-0.15, -0.1) is 0 Å². The quantitative estimate of drug-likeness (QED) is 0.738. The zero-order valence-corrected chi connectivity index (χ0v) is 9.85. The first kappa shape index (κ1) is 10.8. The van der Waals surface area contributed by atoms with E-state index in [1.165, 1.54) is 6.20 Å². The molecule has 0 unspecified atom stereocenters. The maximum Gasteiger partial charge on any atom is 0.263 e. The maximum absolute atomic E-state index is 6.06. The lowest BCUT2D eigenvalue weighted by Crippen LogP contribution is -1.87. The fourth-order valence-electron chi connectivity index (χ4n) is 1.55. The van der Waals surface area contributed by atoms with Crippen molar-refractivity contribution in [3.8, 4) is 22.8 Å². The third kappa shape index (κ3) is 1.72. The van der Waals surface area contributed by atoms with Gasteiger partial charge in [0.05, 0.1) is 11.2 Å². The molecule has 2 heterocycles. The van der Waals surface area contributed by atoms with Gasteiger partial charge in [0, 0.05) is 5.56 Å². The molecule has 3 rings (SSSR count). The summed E-state index contributed by atoms with van der Waals surface area (Å²) >= 11 is 6.06. The molecule has 1 aromatic carbocycles. The van der Waals surface area contributed by atoms with E-state index in [4.69, 9.17) is 21.9 Å². The smallest absolute Gasteiger partial charge is 0.263 e. The lowest BCUT2D eigenvalue weighted by molar-refractivity contribution is 0.432. The molecule has 0 saturated carbocycles. The number of nitrogens with one attached hydrogen (secondary N) is 1. The average Bonchev–Trinajstić information content (AvgIpc) is 2.98. The van der Waals surface area contributed by atoms with E-state index in [0.29, 0.717) is 33.7 Å². The zero-order valence-electron chi connectivity index (χ0n) is 9.09. The first-order valence-corrected chi connectivity index (χ1v) is 5.51. The van der Waals surface area contributed by atoms with Crippen molar-refractivity contribution in [1.29, 1.82) is 0 Å². The lowest BCUT2D eigenvalue weighted by Gasteiger charge is -1.95. The summed E-state index contributed by atoms with van der Waals surface area (Å²) in [6.07, 6.45) is 1.53. The highest BCUT2D eigenvalue weighted by atomic mass is 35.5. The number of hydrogen-bond acceptors (Lipinski definition) is 5. The molecule has 3 N–H and O–H groups in total. The van der Waals surface area contributed by atoms with Crippen molar-refractivity contribution in [2.75, 3.05) is 5.73 Å². The highest BCUT2D eigenvalue weighted by Crippen LogP contribution is 2.28. The van der Waals surface area contributed by atoms with Gasteiger partial charge in [-0.3, -0.25) is 5.10 Å². The van der Waals surface area contributed by atoms with E-state index in [-0.39, 0.29) is 0 Å². The number of aromatic amines is 1. The van der Waals surface area contributed by atoms with E-state index in [0.717, 1.165) is 0 Å². The van der Waals surface area contributed by atoms with E-state index < -0.39 is 0 Å². The number of aromatic nitrogens is 4. The van der Waals surface area contributed by atoms with E-state index >= 15 is 0 Å². The summed E-state index contributed by atoms with van der Waals surface area (Å²) in [5.41, 5.74) is 6.95. The van der Waals surface area contributed by atoms with Crippen molar-refractivity contribution in [2.24, 2.45) is 0 Å². The van der Waals surface area contributed by atoms with E-state index in [1.807, 2.05) is 18.2 Å². The highest BCUT2D eigenvalue weighted by Gasteiger charge is 2.15. The van der Waals surface area contributed by atoms with Crippen LogP contribution in [0.15, 0.2) is 35.0 Å². The number of halogens is 1. The molecule has 3 aromatic rings. The van der Waals surface area contributed by atoms with Crippen LogP contribution >= 0.6 is 11.6 Å². The van der Waals surface area contributed by atoms with Gasteiger partial charge in [-0.1, -0.05) is 28.9 Å². The Balaban J connectivity index is 2.05. The monoisotopic (exact) mass is 261 g/mol. The number of anilines is 1. The van der Waals surface area contributed by atoms with Crippen LogP contribution in [-0.4, -0.2) is 20.3 Å². The van der Waals surface area contributed by atoms with Gasteiger partial charge in [0.1, 0.15) is 11.4 Å². The number of nitrogens with zero attached hydrogens (tertiary/aromatic N) is 3. The molecular formula is C11H8ClN5O. The van der Waals surface area contributed by atoms with E-state index in [9.17, 15) is 0 Å². The molecule has 2 aromatic heterocycles. The molecule has 0 bridgehead atoms. The molecule has 7 heteroatoms. The topological polar surface area (TPSA) is 93.6 Å². The van der Waals surface area contributed by atoms with Gasteiger partial charge in [0.15, 0.2) is 0 Å². The van der Waals surface area contributed by atoms with Crippen LogP contribution in [0.3, 0.4) is 0 Å². The number of nitrogens with two attached hydrogens (primary N) is 1. The molecular weight excluding hydrogens is 254 g/mol. The van der Waals surface area contributed by atoms with Crippen molar-refractivity contribution in [1.82, 2.24) is 20.3 Å². The van der Waals surface area contributed by atoms with Crippen molar-refractivity contribution >= 4 is 17.4 Å². The standard InChI is InChI=1S/C11H8ClN5O/c12-8-4-2-1-3-6(8)10-15-11(18-17-10)7-5-14-16-9(7)13/h1-5H,(H3,13,14,16). The number of hydrogen-bond donors (Lipinski definition) is 2. The third-order valence-electron chi connectivity index (χ3n) is 2.44. The Morgan fingerprint density at radius 1 is 1.22 bits per heavy atom. The Labute approximate surface area is 107 Å². The Hall–Kier alpha value is -2.34. The molecule has 0 aliphatic rings. The van der Waals surface area contributed by atoms with Crippen LogP contribution in [0.4, 0.5) is 5.82 Å². The highest BCUT2D eigenvalue weighted by molar-refractivity contribution is 6.33. The number of H-pyrrole nitrogens is 1. The van der Waals surface area contributed by atoms with Crippen LogP contribution in [0.1, 0.15) is 0 Å². The summed E-state index contributed by atoms with van der Waals surface area (Å²) in [4.78, 5) is 4.24. The SMILES string of the molecule is Nc1[nH]ncc1-c1nc(-c2ccccc2Cl)no1. The van der Waals surface area contributed by atoms with Gasteiger partial charge in [-0.05, 0) is 12.1 Å². The predicted octanol–water partition coefficient (Wildman–Crippen LogP) is 2.36. The molecule has 18 heavy (non-hydrogen) atoms. The van der Waals surface area contributed by atoms with E-state index in [2.05, 4.69) is 20.3 Å².